The summed E-state index contributed by atoms with van der Waals surface area (Å²) in [7, 11) is 0. The van der Waals surface area contributed by atoms with Gasteiger partial charge in [-0.05, 0) is 190 Å². The number of benzene rings is 13. The molecule has 0 heterocycles. The van der Waals surface area contributed by atoms with Gasteiger partial charge in [-0.2, -0.15) is 0 Å². The van der Waals surface area contributed by atoms with Gasteiger partial charge in [0.1, 0.15) is 0 Å². The molecular formula is C77H56N4. The van der Waals surface area contributed by atoms with E-state index in [0.717, 1.165) is 81.1 Å². The molecule has 2 aliphatic carbocycles. The molecule has 0 saturated heterocycles. The van der Waals surface area contributed by atoms with Gasteiger partial charge >= 0.3 is 0 Å². The van der Waals surface area contributed by atoms with Crippen LogP contribution >= 0.6 is 0 Å². The van der Waals surface area contributed by atoms with Gasteiger partial charge in [0, 0.05) is 73.1 Å². The number of rotatable bonds is 12. The van der Waals surface area contributed by atoms with Crippen LogP contribution in [0.15, 0.2) is 315 Å². The zero-order valence-corrected chi connectivity index (χ0v) is 44.7. The van der Waals surface area contributed by atoms with Crippen LogP contribution in [0.25, 0.3) is 32.7 Å². The quantitative estimate of drug-likeness (QED) is 0.121. The molecule has 0 N–H and O–H groups in total. The fraction of sp³-hybridized carbons (Fsp3) is 0.0390. The van der Waals surface area contributed by atoms with Crippen molar-refractivity contribution in [3.05, 3.63) is 338 Å². The summed E-state index contributed by atoms with van der Waals surface area (Å²) in [4.78, 5) is 9.62. The van der Waals surface area contributed by atoms with Crippen molar-refractivity contribution in [2.45, 2.75) is 18.3 Å². The second kappa shape index (κ2) is 20.1. The van der Waals surface area contributed by atoms with Gasteiger partial charge in [0.15, 0.2) is 0 Å². The molecule has 13 aromatic rings. The average molecular weight is 1040 g/mol. The van der Waals surface area contributed by atoms with E-state index in [1.54, 1.807) is 0 Å². The first-order valence-corrected chi connectivity index (χ1v) is 28.1. The number of anilines is 12. The normalized spacial score (nSPS) is 12.7. The van der Waals surface area contributed by atoms with Gasteiger partial charge in [0.05, 0.1) is 11.4 Å². The molecule has 1 spiro atoms. The fourth-order valence-corrected chi connectivity index (χ4v) is 13.1. The third kappa shape index (κ3) is 8.39. The van der Waals surface area contributed by atoms with Crippen molar-refractivity contribution in [3.63, 3.8) is 0 Å². The summed E-state index contributed by atoms with van der Waals surface area (Å²) in [5.41, 5.74) is 21.2. The van der Waals surface area contributed by atoms with Crippen LogP contribution in [-0.2, 0) is 18.3 Å². The van der Waals surface area contributed by atoms with E-state index in [2.05, 4.69) is 335 Å². The molecule has 81 heavy (non-hydrogen) atoms. The van der Waals surface area contributed by atoms with Gasteiger partial charge in [-0.1, -0.05) is 182 Å². The molecule has 0 aliphatic heterocycles. The van der Waals surface area contributed by atoms with E-state index in [1.807, 2.05) is 0 Å². The monoisotopic (exact) mass is 1040 g/mol. The number of fused-ring (bicyclic) bond motifs is 8. The Kier molecular flexibility index (Phi) is 11.9. The van der Waals surface area contributed by atoms with E-state index in [0.29, 0.717) is 0 Å². The van der Waals surface area contributed by atoms with Crippen molar-refractivity contribution in [1.82, 2.24) is 0 Å². The van der Waals surface area contributed by atoms with Crippen molar-refractivity contribution in [3.8, 4) is 11.1 Å². The minimum absolute atomic E-state index is 0.319. The zero-order valence-electron chi connectivity index (χ0n) is 44.7. The summed E-state index contributed by atoms with van der Waals surface area (Å²) in [6, 6.07) is 116. The van der Waals surface area contributed by atoms with Gasteiger partial charge in [-0.25, -0.2) is 0 Å². The highest BCUT2D eigenvalue weighted by Crippen LogP contribution is 2.58. The van der Waals surface area contributed by atoms with E-state index in [4.69, 9.17) is 0 Å². The first-order valence-electron chi connectivity index (χ1n) is 28.1. The maximum atomic E-state index is 2.53. The molecule has 4 nitrogen and oxygen atoms in total. The Bertz CT molecular complexity index is 4030. The molecule has 0 unspecified atom stereocenters. The summed E-state index contributed by atoms with van der Waals surface area (Å²) < 4.78 is 0. The lowest BCUT2D eigenvalue weighted by Gasteiger charge is -2.32. The highest BCUT2D eigenvalue weighted by Gasteiger charge is 2.48. The molecular weight excluding hydrogens is 981 g/mol. The van der Waals surface area contributed by atoms with Crippen LogP contribution in [0.1, 0.15) is 22.3 Å². The maximum absolute atomic E-state index is 2.53. The Morgan fingerprint density at radius 3 is 0.877 bits per heavy atom. The SMILES string of the molecule is c1ccc(N(c2ccccc2)c2ccc(N(c3ccc4c(c3)C3(Cc5ccccc5C3)c3cc(N(c5ccc(N(c6ccccc6)c6ccccc6)cc5)c5cccc6ccccc56)ccc3-4)c3cccc4ccccc34)cc2)cc1. The molecule has 0 radical (unpaired) electrons. The fourth-order valence-electron chi connectivity index (χ4n) is 13.1. The van der Waals surface area contributed by atoms with E-state index >= 15 is 0 Å². The zero-order chi connectivity index (χ0) is 53.7. The van der Waals surface area contributed by atoms with Crippen molar-refractivity contribution in [1.29, 1.82) is 0 Å². The van der Waals surface area contributed by atoms with Crippen LogP contribution in [0.4, 0.5) is 68.2 Å². The van der Waals surface area contributed by atoms with Gasteiger partial charge in [-0.15, -0.1) is 0 Å². The van der Waals surface area contributed by atoms with E-state index in [-0.39, 0.29) is 5.41 Å². The molecule has 15 rings (SSSR count). The lowest BCUT2D eigenvalue weighted by atomic mass is 9.75. The largest absolute Gasteiger partial charge is 0.311 e. The third-order valence-electron chi connectivity index (χ3n) is 16.8. The number of para-hydroxylation sites is 4. The summed E-state index contributed by atoms with van der Waals surface area (Å²) in [5, 5.41) is 4.81. The van der Waals surface area contributed by atoms with Crippen LogP contribution in [-0.4, -0.2) is 0 Å². The van der Waals surface area contributed by atoms with Crippen molar-refractivity contribution >= 4 is 89.8 Å². The maximum Gasteiger partial charge on any atom is 0.0540 e. The van der Waals surface area contributed by atoms with E-state index in [1.165, 1.54) is 54.9 Å². The summed E-state index contributed by atoms with van der Waals surface area (Å²) in [6.45, 7) is 0. The second-order valence-electron chi connectivity index (χ2n) is 21.4. The third-order valence-corrected chi connectivity index (χ3v) is 16.8. The number of nitrogens with zero attached hydrogens (tertiary/aromatic N) is 4. The smallest absolute Gasteiger partial charge is 0.0540 e. The minimum atomic E-state index is -0.319. The molecule has 4 heteroatoms. The highest BCUT2D eigenvalue weighted by atomic mass is 15.2. The molecule has 0 atom stereocenters. The molecule has 13 aromatic carbocycles. The summed E-state index contributed by atoms with van der Waals surface area (Å²) in [5.74, 6) is 0. The van der Waals surface area contributed by atoms with Crippen molar-refractivity contribution in [2.24, 2.45) is 0 Å². The second-order valence-corrected chi connectivity index (χ2v) is 21.4. The Morgan fingerprint density at radius 2 is 0.506 bits per heavy atom. The van der Waals surface area contributed by atoms with Crippen molar-refractivity contribution < 1.29 is 0 Å². The van der Waals surface area contributed by atoms with Crippen LogP contribution in [0.2, 0.25) is 0 Å². The average Bonchev–Trinajstić information content (AvgIpc) is 3.76. The van der Waals surface area contributed by atoms with Gasteiger partial charge < -0.3 is 19.6 Å². The molecule has 0 saturated carbocycles. The topological polar surface area (TPSA) is 13.0 Å². The predicted molar refractivity (Wildman–Crippen MR) is 340 cm³/mol. The van der Waals surface area contributed by atoms with E-state index < -0.39 is 0 Å². The Balaban J connectivity index is 0.881. The molecule has 0 bridgehead atoms. The van der Waals surface area contributed by atoms with Gasteiger partial charge in [0.25, 0.3) is 0 Å². The van der Waals surface area contributed by atoms with Crippen molar-refractivity contribution in [2.75, 3.05) is 19.6 Å². The summed E-state index contributed by atoms with van der Waals surface area (Å²) in [6.07, 6.45) is 1.82. The van der Waals surface area contributed by atoms with Gasteiger partial charge in [-0.3, -0.25) is 0 Å². The first-order chi connectivity index (χ1) is 40.1. The van der Waals surface area contributed by atoms with Gasteiger partial charge in [0.2, 0.25) is 0 Å². The first kappa shape index (κ1) is 47.8. The minimum Gasteiger partial charge on any atom is -0.311 e. The Morgan fingerprint density at radius 1 is 0.222 bits per heavy atom. The Labute approximate surface area is 473 Å². The number of hydrogen-bond acceptors (Lipinski definition) is 4. The highest BCUT2D eigenvalue weighted by molar-refractivity contribution is 6.02. The standard InChI is InChI=1S/C77H56N4/c1-5-27-59(28-6-1)78(60-29-7-2-8-30-60)63-39-43-65(44-40-63)80(75-37-19-25-55-21-15-17-35-69(55)75)67-47-49-71-72-50-48-68(52-74(72)77(73(71)51-67)53-57-23-13-14-24-58(57)54-77)81(76-38-20-26-56-22-16-18-36-70(56)76)66-45-41-64(42-46-66)79(61-31-9-3-10-32-61)62-33-11-4-12-34-62/h1-52H,53-54H2. The molecule has 2 aliphatic rings. The molecule has 384 valence electrons. The lowest BCUT2D eigenvalue weighted by Crippen LogP contribution is -2.26. The van der Waals surface area contributed by atoms with Crippen LogP contribution in [0.5, 0.6) is 0 Å². The molecule has 0 amide bonds. The van der Waals surface area contributed by atoms with Crippen LogP contribution < -0.4 is 19.6 Å². The van der Waals surface area contributed by atoms with E-state index in [9.17, 15) is 0 Å². The molecule has 0 aromatic heterocycles. The Hall–Kier alpha value is -10.4. The number of hydrogen-bond donors (Lipinski definition) is 0. The van der Waals surface area contributed by atoms with Crippen LogP contribution in [0.3, 0.4) is 0 Å². The lowest BCUT2D eigenvalue weighted by molar-refractivity contribution is 0.564. The predicted octanol–water partition coefficient (Wildman–Crippen LogP) is 20.9. The van der Waals surface area contributed by atoms with Crippen LogP contribution in [0, 0.1) is 0 Å². The molecule has 0 fully saturated rings. The summed E-state index contributed by atoms with van der Waals surface area (Å²) >= 11 is 0.